The van der Waals surface area contributed by atoms with Gasteiger partial charge in [-0.05, 0) is 0 Å². The third kappa shape index (κ3) is 2.76. The van der Waals surface area contributed by atoms with Crippen molar-refractivity contribution in [2.75, 3.05) is 0 Å². The minimum Gasteiger partial charge on any atom is -0.369 e. The Bertz CT molecular complexity index is 92.6. The van der Waals surface area contributed by atoms with E-state index in [0.29, 0.717) is 0 Å². The molecule has 4 N–H and O–H groups in total. The zero-order valence-corrected chi connectivity index (χ0v) is 3.05. The molecule has 0 bridgehead atoms. The molecule has 0 saturated carbocycles. The summed E-state index contributed by atoms with van der Waals surface area (Å²) in [5.74, 6) is -0.197. The minimum atomic E-state index is -0.197. The molecule has 0 aliphatic rings. The summed E-state index contributed by atoms with van der Waals surface area (Å²) in [6.07, 6.45) is 1.41. The first-order valence-electron chi connectivity index (χ1n) is 1.25. The van der Waals surface area contributed by atoms with Crippen LogP contribution in [0.15, 0.2) is 4.99 Å². The lowest BCUT2D eigenvalue weighted by atomic mass is 11.3. The first-order valence-corrected chi connectivity index (χ1v) is 1.25. The van der Waals surface area contributed by atoms with Crippen LogP contribution in [-0.4, -0.2) is 5.96 Å². The van der Waals surface area contributed by atoms with E-state index in [1.54, 1.807) is 0 Å². The van der Waals surface area contributed by atoms with Gasteiger partial charge in [0.1, 0.15) is 0 Å². The zero-order chi connectivity index (χ0) is 4.99. The average molecular weight is 88.1 g/mol. The van der Waals surface area contributed by atoms with Gasteiger partial charge in [0.15, 0.2) is 0 Å². The van der Waals surface area contributed by atoms with Gasteiger partial charge in [-0.2, -0.15) is 5.26 Å². The second-order valence-corrected chi connectivity index (χ2v) is 0.637. The average Bonchev–Trinajstić information content (AvgIpc) is 1.35. The second kappa shape index (κ2) is 2.03. The van der Waals surface area contributed by atoms with Gasteiger partial charge in [-0.25, -0.2) is 0 Å². The summed E-state index contributed by atoms with van der Waals surface area (Å²) in [7, 11) is 0. The van der Waals surface area contributed by atoms with Crippen molar-refractivity contribution in [2.45, 2.75) is 0 Å². The van der Waals surface area contributed by atoms with Gasteiger partial charge in [-0.15, -0.1) is 4.99 Å². The van der Waals surface area contributed by atoms with Crippen molar-refractivity contribution in [3.05, 3.63) is 0 Å². The summed E-state index contributed by atoms with van der Waals surface area (Å²) in [5.41, 5.74) is 9.42. The van der Waals surface area contributed by atoms with E-state index in [-0.39, 0.29) is 5.96 Å². The van der Waals surface area contributed by atoms with Gasteiger partial charge >= 0.3 is 0 Å². The van der Waals surface area contributed by atoms with Crippen molar-refractivity contribution >= 4 is 5.96 Å². The quantitative estimate of drug-likeness (QED) is 0.168. The van der Waals surface area contributed by atoms with Crippen molar-refractivity contribution < 1.29 is 0 Å². The smallest absolute Gasteiger partial charge is 0.209 e. The lowest BCUT2D eigenvalue weighted by molar-refractivity contribution is 1.39. The van der Waals surface area contributed by atoms with Gasteiger partial charge in [-0.1, -0.05) is 0 Å². The molecule has 4 nitrogen and oxygen atoms in total. The van der Waals surface area contributed by atoms with Crippen molar-refractivity contribution in [2.24, 2.45) is 16.5 Å². The summed E-state index contributed by atoms with van der Waals surface area (Å²) in [4.78, 5) is 2.90. The van der Waals surface area contributed by atoms with Crippen LogP contribution in [0.25, 0.3) is 0 Å². The molecule has 32 valence electrons. The van der Waals surface area contributed by atoms with Gasteiger partial charge in [0.05, 0.1) is 0 Å². The molecular formula is C2H4N4. The maximum atomic E-state index is 7.64. The van der Waals surface area contributed by atoms with Crippen LogP contribution in [0.1, 0.15) is 0 Å². The van der Waals surface area contributed by atoms with E-state index in [2.05, 4.69) is 4.99 Å². The summed E-state index contributed by atoms with van der Waals surface area (Å²) in [6.45, 7) is 0. The number of guanidine groups is 1. The first-order chi connectivity index (χ1) is 2.77. The van der Waals surface area contributed by atoms with E-state index in [1.165, 1.54) is 6.19 Å². The van der Waals surface area contributed by atoms with Crippen LogP contribution < -0.4 is 11.5 Å². The van der Waals surface area contributed by atoms with Crippen molar-refractivity contribution in [3.63, 3.8) is 0 Å². The van der Waals surface area contributed by atoms with E-state index in [1.807, 2.05) is 0 Å². The first kappa shape index (κ1) is 4.76. The molecule has 0 fully saturated rings. The monoisotopic (exact) mass is 88.0 g/mol. The molecule has 0 unspecified atom stereocenters. The summed E-state index contributed by atoms with van der Waals surface area (Å²) in [6, 6.07) is 0. The van der Waals surface area contributed by atoms with E-state index in [0.717, 1.165) is 0 Å². The molecule has 0 rings (SSSR count). The lowest BCUT2D eigenvalue weighted by Crippen LogP contribution is -2.21. The van der Waals surface area contributed by atoms with E-state index in [4.69, 9.17) is 16.7 Å². The number of hydrogen-bond acceptors (Lipinski definition) is 2. The highest BCUT2D eigenvalue weighted by Crippen LogP contribution is 1.49. The maximum absolute atomic E-state index is 7.64. The second-order valence-electron chi connectivity index (χ2n) is 0.637. The molecule has 0 saturated heterocycles. The van der Waals surface area contributed by atoms with Gasteiger partial charge in [0.2, 0.25) is 12.2 Å². The molecule has 0 aliphatic heterocycles. The Morgan fingerprint density at radius 1 is 1.67 bits per heavy atom. The fourth-order valence-corrected chi connectivity index (χ4v) is 0.0577. The highest BCUT2D eigenvalue weighted by atomic mass is 15.8. The van der Waals surface area contributed by atoms with Crippen LogP contribution in [0.5, 0.6) is 0 Å². The molecule has 0 spiro atoms. The molecule has 0 atom stereocenters. The fourth-order valence-electron chi connectivity index (χ4n) is 0.0577. The molecule has 0 heterocycles. The van der Waals surface area contributed by atoms with Gasteiger partial charge < -0.3 is 11.5 Å². The Hall–Kier alpha value is -1.24. The lowest BCUT2D eigenvalue weighted by Gasteiger charge is -1.74. The highest BCUT2D eigenvalue weighted by Gasteiger charge is 1.67. The topological polar surface area (TPSA) is 88.2 Å². The van der Waals surface area contributed by atoms with Crippen molar-refractivity contribution in [3.8, 4) is 6.19 Å². The van der Waals surface area contributed by atoms with Crippen LogP contribution in [0, 0.1) is 11.5 Å². The van der Waals surface area contributed by atoms with E-state index in [9.17, 15) is 0 Å². The molecule has 0 aromatic heterocycles. The molecular weight excluding hydrogens is 84.0 g/mol. The number of nitrogens with zero attached hydrogens (tertiary/aromatic N) is 2. The van der Waals surface area contributed by atoms with Crippen LogP contribution in [0.4, 0.5) is 0 Å². The largest absolute Gasteiger partial charge is 0.369 e. The van der Waals surface area contributed by atoms with Crippen LogP contribution in [0.3, 0.4) is 0 Å². The molecule has 4 heteroatoms. The fraction of sp³-hybridized carbons (Fsp3) is 0. The number of rotatable bonds is 0. The molecule has 0 aromatic carbocycles. The zero-order valence-electron chi connectivity index (χ0n) is 3.05. The number of nitrogens with two attached hydrogens (primary N) is 2. The summed E-state index contributed by atoms with van der Waals surface area (Å²) >= 11 is 0. The Morgan fingerprint density at radius 3 is 2.17 bits per heavy atom. The molecule has 0 aromatic rings. The predicted molar refractivity (Wildman–Crippen MR) is 21.4 cm³/mol. The predicted octanol–water partition coefficient (Wildman–Crippen LogP) is -1.26. The summed E-state index contributed by atoms with van der Waals surface area (Å²) in [5, 5.41) is 7.64. The standard InChI is InChI=1S/C2H4N4/c3-1-6-2(4)5/h(H4,4,5,6)/i3+1,4+1,5+1,6+1. The normalized spacial score (nSPS) is 5.83. The van der Waals surface area contributed by atoms with Gasteiger partial charge in [-0.3, -0.25) is 0 Å². The van der Waals surface area contributed by atoms with E-state index < -0.39 is 0 Å². The minimum absolute atomic E-state index is 0.197. The summed E-state index contributed by atoms with van der Waals surface area (Å²) < 4.78 is 0. The highest BCUT2D eigenvalue weighted by molar-refractivity contribution is 5.76. The molecule has 0 aliphatic carbocycles. The van der Waals surface area contributed by atoms with Crippen LogP contribution >= 0.6 is 0 Å². The Morgan fingerprint density at radius 2 is 2.17 bits per heavy atom. The third-order valence-corrected chi connectivity index (χ3v) is 0.179. The molecule has 6 heavy (non-hydrogen) atoms. The Kier molecular flexibility index (Phi) is 1.61. The van der Waals surface area contributed by atoms with Crippen LogP contribution in [0.2, 0.25) is 0 Å². The van der Waals surface area contributed by atoms with E-state index >= 15 is 0 Å². The molecule has 0 amide bonds. The maximum Gasteiger partial charge on any atom is 0.209 e. The number of nitriles is 1. The SMILES string of the molecule is [15N]#C[15N]=C([15NH2])[15NH2]. The van der Waals surface area contributed by atoms with Gasteiger partial charge in [0.25, 0.3) is 0 Å². The number of aliphatic imine (C=N–C) groups is 1. The third-order valence-electron chi connectivity index (χ3n) is 0.179. The Labute approximate surface area is 35.1 Å². The number of hydrogen-bond donors (Lipinski definition) is 2. The van der Waals surface area contributed by atoms with Crippen LogP contribution in [-0.2, 0) is 0 Å². The Balaban J connectivity index is 3.51. The molecule has 0 radical (unpaired) electrons. The van der Waals surface area contributed by atoms with Gasteiger partial charge in [0, 0.05) is 0 Å². The van der Waals surface area contributed by atoms with Crippen molar-refractivity contribution in [1.29, 1.82) is 5.26 Å². The van der Waals surface area contributed by atoms with Crippen molar-refractivity contribution in [1.82, 2.24) is 0 Å².